The maximum atomic E-state index is 12.1. The summed E-state index contributed by atoms with van der Waals surface area (Å²) >= 11 is 0. The van der Waals surface area contributed by atoms with Crippen LogP contribution in [0.15, 0.2) is 48.5 Å². The lowest BCUT2D eigenvalue weighted by Gasteiger charge is -2.16. The molecule has 32 heavy (non-hydrogen) atoms. The number of carboxylic acid groups (broad SMARTS) is 1. The molecule has 1 fully saturated rings. The largest absolute Gasteiger partial charge is 0.479 e. The Labute approximate surface area is 185 Å². The molecular formula is C24H26N2O6. The Balaban J connectivity index is 1.19. The van der Waals surface area contributed by atoms with Crippen molar-refractivity contribution in [3.63, 3.8) is 0 Å². The van der Waals surface area contributed by atoms with Crippen molar-refractivity contribution in [2.45, 2.75) is 37.3 Å². The average Bonchev–Trinajstić information content (AvgIpc) is 3.38. The van der Waals surface area contributed by atoms with Crippen molar-refractivity contribution in [1.29, 1.82) is 0 Å². The quantitative estimate of drug-likeness (QED) is 0.546. The third kappa shape index (κ3) is 4.75. The molecule has 2 aliphatic rings. The summed E-state index contributed by atoms with van der Waals surface area (Å²) in [5.74, 6) is -1.35. The highest BCUT2D eigenvalue weighted by molar-refractivity contribution is 5.80. The van der Waals surface area contributed by atoms with E-state index in [0.29, 0.717) is 19.4 Å². The van der Waals surface area contributed by atoms with E-state index in [2.05, 4.69) is 34.9 Å². The number of ether oxygens (including phenoxy) is 2. The molecule has 8 heteroatoms. The van der Waals surface area contributed by atoms with Crippen LogP contribution >= 0.6 is 0 Å². The van der Waals surface area contributed by atoms with Crippen LogP contribution in [0.3, 0.4) is 0 Å². The fourth-order valence-corrected chi connectivity index (χ4v) is 4.35. The molecule has 0 bridgehead atoms. The lowest BCUT2D eigenvalue weighted by Crippen LogP contribution is -2.44. The van der Waals surface area contributed by atoms with Gasteiger partial charge in [0.15, 0.2) is 6.10 Å². The van der Waals surface area contributed by atoms with Crippen molar-refractivity contribution in [2.75, 3.05) is 19.8 Å². The first-order valence-corrected chi connectivity index (χ1v) is 10.8. The smallest absolute Gasteiger partial charge is 0.407 e. The van der Waals surface area contributed by atoms with E-state index >= 15 is 0 Å². The molecule has 2 amide bonds. The Morgan fingerprint density at radius 3 is 2.34 bits per heavy atom. The Bertz CT molecular complexity index is 962. The predicted molar refractivity (Wildman–Crippen MR) is 116 cm³/mol. The average molecular weight is 438 g/mol. The summed E-state index contributed by atoms with van der Waals surface area (Å²) in [5.41, 5.74) is 4.63. The fourth-order valence-electron chi connectivity index (χ4n) is 4.35. The minimum atomic E-state index is -1.08. The van der Waals surface area contributed by atoms with Gasteiger partial charge in [0.05, 0.1) is 6.04 Å². The van der Waals surface area contributed by atoms with Crippen LogP contribution in [0, 0.1) is 0 Å². The summed E-state index contributed by atoms with van der Waals surface area (Å²) in [6.45, 7) is 0.831. The summed E-state index contributed by atoms with van der Waals surface area (Å²) in [7, 11) is 0. The van der Waals surface area contributed by atoms with Crippen LogP contribution in [-0.4, -0.2) is 55.0 Å². The van der Waals surface area contributed by atoms with Crippen LogP contribution in [0.1, 0.15) is 36.3 Å². The zero-order valence-electron chi connectivity index (χ0n) is 17.6. The molecule has 1 saturated heterocycles. The molecule has 2 atom stereocenters. The summed E-state index contributed by atoms with van der Waals surface area (Å²) < 4.78 is 10.6. The van der Waals surface area contributed by atoms with Crippen molar-refractivity contribution in [2.24, 2.45) is 0 Å². The molecule has 2 aromatic carbocycles. The Morgan fingerprint density at radius 2 is 1.69 bits per heavy atom. The molecule has 0 radical (unpaired) electrons. The molecule has 2 aromatic rings. The van der Waals surface area contributed by atoms with Gasteiger partial charge in [0.1, 0.15) is 6.61 Å². The first-order valence-electron chi connectivity index (χ1n) is 10.8. The maximum absolute atomic E-state index is 12.1. The van der Waals surface area contributed by atoms with Gasteiger partial charge in [0.25, 0.3) is 0 Å². The van der Waals surface area contributed by atoms with E-state index in [4.69, 9.17) is 14.6 Å². The van der Waals surface area contributed by atoms with Crippen LogP contribution in [0.5, 0.6) is 0 Å². The second-order valence-electron chi connectivity index (χ2n) is 7.95. The van der Waals surface area contributed by atoms with E-state index in [-0.39, 0.29) is 31.4 Å². The lowest BCUT2D eigenvalue weighted by atomic mass is 9.98. The molecule has 1 aliphatic carbocycles. The molecule has 2 unspecified atom stereocenters. The number of rotatable bonds is 8. The van der Waals surface area contributed by atoms with Gasteiger partial charge in [-0.25, -0.2) is 9.59 Å². The van der Waals surface area contributed by atoms with E-state index in [1.54, 1.807) is 0 Å². The van der Waals surface area contributed by atoms with Crippen molar-refractivity contribution in [3.05, 3.63) is 59.7 Å². The van der Waals surface area contributed by atoms with E-state index in [1.165, 1.54) is 11.1 Å². The lowest BCUT2D eigenvalue weighted by molar-refractivity contribution is -0.148. The van der Waals surface area contributed by atoms with E-state index in [9.17, 15) is 14.4 Å². The van der Waals surface area contributed by atoms with Gasteiger partial charge in [0.2, 0.25) is 5.91 Å². The minimum absolute atomic E-state index is 0.00487. The van der Waals surface area contributed by atoms with Gasteiger partial charge in [0, 0.05) is 25.5 Å². The van der Waals surface area contributed by atoms with Crippen molar-refractivity contribution >= 4 is 18.0 Å². The van der Waals surface area contributed by atoms with Gasteiger partial charge in [-0.1, -0.05) is 48.5 Å². The SMILES string of the molecule is O=C(CCCNC(=O)OCC1c2ccccc2-c2ccccc21)NC1CCOC1C(=O)O. The Hall–Kier alpha value is -3.39. The Morgan fingerprint density at radius 1 is 1.03 bits per heavy atom. The molecule has 0 spiro atoms. The molecule has 168 valence electrons. The molecule has 1 heterocycles. The number of hydrogen-bond acceptors (Lipinski definition) is 5. The van der Waals surface area contributed by atoms with E-state index in [1.807, 2.05) is 24.3 Å². The number of alkyl carbamates (subject to hydrolysis) is 1. The predicted octanol–water partition coefficient (Wildman–Crippen LogP) is 2.66. The van der Waals surface area contributed by atoms with Crippen LogP contribution in [-0.2, 0) is 19.1 Å². The maximum Gasteiger partial charge on any atom is 0.407 e. The highest BCUT2D eigenvalue weighted by Crippen LogP contribution is 2.44. The number of aliphatic carboxylic acids is 1. The fraction of sp³-hybridized carbons (Fsp3) is 0.375. The second kappa shape index (κ2) is 9.82. The van der Waals surface area contributed by atoms with Gasteiger partial charge < -0.3 is 25.2 Å². The summed E-state index contributed by atoms with van der Waals surface area (Å²) in [5, 5.41) is 14.4. The van der Waals surface area contributed by atoms with Crippen LogP contribution in [0.25, 0.3) is 11.1 Å². The monoisotopic (exact) mass is 438 g/mol. The van der Waals surface area contributed by atoms with Gasteiger partial charge >= 0.3 is 12.1 Å². The number of amides is 2. The standard InChI is InChI=1S/C24H26N2O6/c27-21(26-20-11-13-31-22(20)23(28)29)10-5-12-25-24(30)32-14-19-17-8-3-1-6-15(17)16-7-2-4-9-18(16)19/h1-4,6-9,19-20,22H,5,10-14H2,(H,25,30)(H,26,27)(H,28,29). The number of carboxylic acids is 1. The zero-order valence-corrected chi connectivity index (χ0v) is 17.6. The summed E-state index contributed by atoms with van der Waals surface area (Å²) in [4.78, 5) is 35.3. The molecule has 1 aliphatic heterocycles. The van der Waals surface area contributed by atoms with Gasteiger partial charge in [-0.15, -0.1) is 0 Å². The number of nitrogens with one attached hydrogen (secondary N) is 2. The third-order valence-electron chi connectivity index (χ3n) is 5.88. The van der Waals surface area contributed by atoms with Gasteiger partial charge in [-0.05, 0) is 35.1 Å². The van der Waals surface area contributed by atoms with Gasteiger partial charge in [-0.3, -0.25) is 4.79 Å². The highest BCUT2D eigenvalue weighted by atomic mass is 16.5. The van der Waals surface area contributed by atoms with Crippen molar-refractivity contribution in [1.82, 2.24) is 10.6 Å². The van der Waals surface area contributed by atoms with Crippen molar-refractivity contribution in [3.8, 4) is 11.1 Å². The molecule has 8 nitrogen and oxygen atoms in total. The number of carbonyl (C=O) groups is 3. The number of fused-ring (bicyclic) bond motifs is 3. The van der Waals surface area contributed by atoms with Gasteiger partial charge in [-0.2, -0.15) is 0 Å². The van der Waals surface area contributed by atoms with Crippen molar-refractivity contribution < 1.29 is 29.0 Å². The second-order valence-corrected chi connectivity index (χ2v) is 7.95. The molecule has 0 aromatic heterocycles. The van der Waals surface area contributed by atoms with E-state index < -0.39 is 24.2 Å². The molecule has 3 N–H and O–H groups in total. The zero-order chi connectivity index (χ0) is 22.5. The number of hydrogen-bond donors (Lipinski definition) is 3. The van der Waals surface area contributed by atoms with Crippen LogP contribution in [0.4, 0.5) is 4.79 Å². The first-order chi connectivity index (χ1) is 15.5. The highest BCUT2D eigenvalue weighted by Gasteiger charge is 2.35. The van der Waals surface area contributed by atoms with E-state index in [0.717, 1.165) is 11.1 Å². The van der Waals surface area contributed by atoms with Crippen LogP contribution in [0.2, 0.25) is 0 Å². The molecular weight excluding hydrogens is 412 g/mol. The summed E-state index contributed by atoms with van der Waals surface area (Å²) in [6, 6.07) is 15.7. The molecule has 0 saturated carbocycles. The number of carbonyl (C=O) groups excluding carboxylic acids is 2. The topological polar surface area (TPSA) is 114 Å². The normalized spacial score (nSPS) is 19.1. The first kappa shape index (κ1) is 21.8. The van der Waals surface area contributed by atoms with Crippen LogP contribution < -0.4 is 10.6 Å². The third-order valence-corrected chi connectivity index (χ3v) is 5.88. The molecule has 4 rings (SSSR count). The Kier molecular flexibility index (Phi) is 6.70. The minimum Gasteiger partial charge on any atom is -0.479 e. The number of benzene rings is 2. The summed E-state index contributed by atoms with van der Waals surface area (Å²) in [6.07, 6.45) is -0.463.